The van der Waals surface area contributed by atoms with Crippen molar-refractivity contribution in [2.24, 2.45) is 0 Å². The quantitative estimate of drug-likeness (QED) is 0.920. The van der Waals surface area contributed by atoms with Crippen LogP contribution in [0.2, 0.25) is 0 Å². The van der Waals surface area contributed by atoms with E-state index in [9.17, 15) is 0 Å². The topological polar surface area (TPSA) is 24.5 Å². The summed E-state index contributed by atoms with van der Waals surface area (Å²) in [6, 6.07) is 5.02. The summed E-state index contributed by atoms with van der Waals surface area (Å²) < 4.78 is 6.52. The highest BCUT2D eigenvalue weighted by Gasteiger charge is 2.43. The lowest BCUT2D eigenvalue weighted by Gasteiger charge is -2.41. The third-order valence-electron chi connectivity index (χ3n) is 5.37. The molecule has 0 saturated heterocycles. The number of nitrogens with one attached hydrogen (secondary N) is 1. The van der Waals surface area contributed by atoms with Gasteiger partial charge in [0.1, 0.15) is 11.4 Å². The molecule has 0 amide bonds. The van der Waals surface area contributed by atoms with Gasteiger partial charge in [-0.05, 0) is 70.8 Å². The van der Waals surface area contributed by atoms with Gasteiger partial charge in [0, 0.05) is 31.1 Å². The van der Waals surface area contributed by atoms with E-state index in [-0.39, 0.29) is 5.60 Å². The molecule has 122 valence electrons. The van der Waals surface area contributed by atoms with Crippen molar-refractivity contribution in [1.82, 2.24) is 10.2 Å². The summed E-state index contributed by atoms with van der Waals surface area (Å²) >= 11 is 0. The maximum atomic E-state index is 6.52. The summed E-state index contributed by atoms with van der Waals surface area (Å²) in [5.41, 5.74) is 4.15. The third kappa shape index (κ3) is 3.16. The molecule has 1 aliphatic carbocycles. The molecule has 3 rings (SSSR count). The Kier molecular flexibility index (Phi) is 4.47. The fourth-order valence-corrected chi connectivity index (χ4v) is 3.90. The Morgan fingerprint density at radius 3 is 2.55 bits per heavy atom. The van der Waals surface area contributed by atoms with E-state index in [1.807, 2.05) is 0 Å². The molecular formula is C19H30N2O. The number of hydrogen-bond donors (Lipinski definition) is 1. The lowest BCUT2D eigenvalue weighted by molar-refractivity contribution is 0.0365. The van der Waals surface area contributed by atoms with Crippen molar-refractivity contribution < 1.29 is 4.74 Å². The van der Waals surface area contributed by atoms with Crippen molar-refractivity contribution in [3.8, 4) is 5.75 Å². The molecule has 1 saturated carbocycles. The summed E-state index contributed by atoms with van der Waals surface area (Å²) in [5, 5.41) is 3.79. The Bertz CT molecular complexity index is 532. The van der Waals surface area contributed by atoms with Crippen molar-refractivity contribution in [1.29, 1.82) is 0 Å². The SMILES string of the molecule is Cc1cc2c(cc1C)C(NCCN(C)C)CC1(CCCC1)O2. The highest BCUT2D eigenvalue weighted by Crippen LogP contribution is 2.47. The lowest BCUT2D eigenvalue weighted by atomic mass is 9.84. The molecule has 22 heavy (non-hydrogen) atoms. The maximum Gasteiger partial charge on any atom is 0.125 e. The molecule has 0 aromatic heterocycles. The molecule has 0 radical (unpaired) electrons. The van der Waals surface area contributed by atoms with E-state index in [1.165, 1.54) is 42.4 Å². The first kappa shape index (κ1) is 15.8. The van der Waals surface area contributed by atoms with Gasteiger partial charge < -0.3 is 15.0 Å². The second-order valence-corrected chi connectivity index (χ2v) is 7.48. The fourth-order valence-electron chi connectivity index (χ4n) is 3.90. The molecule has 3 heteroatoms. The van der Waals surface area contributed by atoms with E-state index in [0.29, 0.717) is 6.04 Å². The standard InChI is InChI=1S/C19H30N2O/c1-14-11-16-17(20-9-10-21(3)4)13-19(7-5-6-8-19)22-18(16)12-15(14)2/h11-12,17,20H,5-10,13H2,1-4H3. The zero-order chi connectivity index (χ0) is 15.7. The number of nitrogens with zero attached hydrogens (tertiary/aromatic N) is 1. The zero-order valence-electron chi connectivity index (χ0n) is 14.5. The van der Waals surface area contributed by atoms with Crippen LogP contribution in [-0.4, -0.2) is 37.7 Å². The second kappa shape index (κ2) is 6.21. The van der Waals surface area contributed by atoms with Gasteiger partial charge in [0.25, 0.3) is 0 Å². The first-order valence-electron chi connectivity index (χ1n) is 8.67. The number of likely N-dealkylation sites (N-methyl/N-ethyl adjacent to an activating group) is 1. The van der Waals surface area contributed by atoms with Crippen LogP contribution in [0.1, 0.15) is 54.8 Å². The van der Waals surface area contributed by atoms with Crippen LogP contribution < -0.4 is 10.1 Å². The fraction of sp³-hybridized carbons (Fsp3) is 0.684. The summed E-state index contributed by atoms with van der Waals surface area (Å²) in [6.45, 7) is 6.49. The number of benzene rings is 1. The Labute approximate surface area is 135 Å². The molecular weight excluding hydrogens is 272 g/mol. The van der Waals surface area contributed by atoms with Gasteiger partial charge in [0.05, 0.1) is 0 Å². The van der Waals surface area contributed by atoms with Gasteiger partial charge >= 0.3 is 0 Å². The summed E-state index contributed by atoms with van der Waals surface area (Å²) in [6.07, 6.45) is 6.17. The minimum absolute atomic E-state index is 0.0878. The highest BCUT2D eigenvalue weighted by atomic mass is 16.5. The van der Waals surface area contributed by atoms with E-state index in [0.717, 1.165) is 25.3 Å². The van der Waals surface area contributed by atoms with Crippen molar-refractivity contribution in [3.63, 3.8) is 0 Å². The molecule has 1 fully saturated rings. The average molecular weight is 302 g/mol. The van der Waals surface area contributed by atoms with Crippen LogP contribution in [0, 0.1) is 13.8 Å². The monoisotopic (exact) mass is 302 g/mol. The molecule has 0 bridgehead atoms. The average Bonchev–Trinajstić information content (AvgIpc) is 2.88. The van der Waals surface area contributed by atoms with Crippen LogP contribution in [-0.2, 0) is 0 Å². The Morgan fingerprint density at radius 2 is 1.86 bits per heavy atom. The van der Waals surface area contributed by atoms with Crippen LogP contribution in [0.25, 0.3) is 0 Å². The predicted octanol–water partition coefficient (Wildman–Crippen LogP) is 3.59. The predicted molar refractivity (Wildman–Crippen MR) is 91.7 cm³/mol. The van der Waals surface area contributed by atoms with Crippen LogP contribution >= 0.6 is 0 Å². The number of rotatable bonds is 4. The lowest BCUT2D eigenvalue weighted by Crippen LogP contribution is -2.43. The van der Waals surface area contributed by atoms with Crippen LogP contribution in [0.4, 0.5) is 0 Å². The van der Waals surface area contributed by atoms with Gasteiger partial charge in [-0.25, -0.2) is 0 Å². The van der Waals surface area contributed by atoms with Crippen molar-refractivity contribution in [3.05, 3.63) is 28.8 Å². The van der Waals surface area contributed by atoms with E-state index >= 15 is 0 Å². The molecule has 1 aromatic rings. The van der Waals surface area contributed by atoms with Gasteiger partial charge in [0.2, 0.25) is 0 Å². The van der Waals surface area contributed by atoms with Crippen LogP contribution in [0.5, 0.6) is 5.75 Å². The van der Waals surface area contributed by atoms with Gasteiger partial charge in [-0.15, -0.1) is 0 Å². The van der Waals surface area contributed by atoms with Crippen molar-refractivity contribution in [2.45, 2.75) is 57.6 Å². The largest absolute Gasteiger partial charge is 0.487 e. The van der Waals surface area contributed by atoms with E-state index in [4.69, 9.17) is 4.74 Å². The summed E-state index contributed by atoms with van der Waals surface area (Å²) in [4.78, 5) is 2.24. The Morgan fingerprint density at radius 1 is 1.18 bits per heavy atom. The molecule has 1 aliphatic heterocycles. The Balaban J connectivity index is 1.85. The van der Waals surface area contributed by atoms with Gasteiger partial charge in [0.15, 0.2) is 0 Å². The smallest absolute Gasteiger partial charge is 0.125 e. The molecule has 1 N–H and O–H groups in total. The van der Waals surface area contributed by atoms with Crippen molar-refractivity contribution >= 4 is 0 Å². The molecule has 1 atom stereocenters. The minimum atomic E-state index is 0.0878. The molecule has 1 aromatic carbocycles. The number of hydrogen-bond acceptors (Lipinski definition) is 3. The van der Waals surface area contributed by atoms with Gasteiger partial charge in [-0.3, -0.25) is 0 Å². The molecule has 2 aliphatic rings. The van der Waals surface area contributed by atoms with Crippen LogP contribution in [0.15, 0.2) is 12.1 Å². The molecule has 1 heterocycles. The first-order valence-corrected chi connectivity index (χ1v) is 8.67. The first-order chi connectivity index (χ1) is 10.5. The molecule has 1 spiro atoms. The second-order valence-electron chi connectivity index (χ2n) is 7.48. The highest BCUT2D eigenvalue weighted by molar-refractivity contribution is 5.45. The van der Waals surface area contributed by atoms with Gasteiger partial charge in [-0.1, -0.05) is 6.07 Å². The normalized spacial score (nSPS) is 22.9. The summed E-state index contributed by atoms with van der Waals surface area (Å²) in [7, 11) is 4.26. The van der Waals surface area contributed by atoms with Gasteiger partial charge in [-0.2, -0.15) is 0 Å². The van der Waals surface area contributed by atoms with E-state index in [2.05, 4.69) is 50.3 Å². The number of ether oxygens (including phenoxy) is 1. The van der Waals surface area contributed by atoms with Crippen LogP contribution in [0.3, 0.4) is 0 Å². The third-order valence-corrected chi connectivity index (χ3v) is 5.37. The number of fused-ring (bicyclic) bond motifs is 1. The zero-order valence-corrected chi connectivity index (χ0v) is 14.5. The van der Waals surface area contributed by atoms with E-state index in [1.54, 1.807) is 0 Å². The van der Waals surface area contributed by atoms with E-state index < -0.39 is 0 Å². The molecule has 1 unspecified atom stereocenters. The van der Waals surface area contributed by atoms with Crippen molar-refractivity contribution in [2.75, 3.05) is 27.2 Å². The minimum Gasteiger partial charge on any atom is -0.487 e. The molecule has 3 nitrogen and oxygen atoms in total. The maximum absolute atomic E-state index is 6.52. The number of aryl methyl sites for hydroxylation is 2. The Hall–Kier alpha value is -1.06. The summed E-state index contributed by atoms with van der Waals surface area (Å²) in [5.74, 6) is 1.12.